The lowest BCUT2D eigenvalue weighted by molar-refractivity contribution is 0.104. The first-order valence-corrected chi connectivity index (χ1v) is 6.44. The molecule has 88 valence electrons. The summed E-state index contributed by atoms with van der Waals surface area (Å²) in [5.41, 5.74) is 0. The van der Waals surface area contributed by atoms with E-state index in [0.29, 0.717) is 0 Å². The monoisotopic (exact) mass is 212 g/mol. The van der Waals surface area contributed by atoms with E-state index in [-0.39, 0.29) is 0 Å². The maximum atomic E-state index is 5.39. The number of ether oxygens (including phenoxy) is 1. The molecule has 0 bridgehead atoms. The van der Waals surface area contributed by atoms with Gasteiger partial charge in [-0.3, -0.25) is 4.90 Å². The summed E-state index contributed by atoms with van der Waals surface area (Å²) in [6.45, 7) is 8.68. The fourth-order valence-electron chi connectivity index (χ4n) is 2.51. The van der Waals surface area contributed by atoms with Crippen LogP contribution in [0.4, 0.5) is 0 Å². The highest BCUT2D eigenvalue weighted by atomic mass is 16.5. The Balaban J connectivity index is 1.68. The number of hydrogen-bond acceptors (Lipinski definition) is 3. The minimum atomic E-state index is 0.820. The molecule has 1 N–H and O–H groups in total. The quantitative estimate of drug-likeness (QED) is 0.667. The normalized spacial score (nSPS) is 28.2. The molecule has 0 spiro atoms. The Morgan fingerprint density at radius 1 is 1.40 bits per heavy atom. The zero-order valence-corrected chi connectivity index (χ0v) is 9.87. The molecule has 3 nitrogen and oxygen atoms in total. The third kappa shape index (κ3) is 3.44. The van der Waals surface area contributed by atoms with Gasteiger partial charge >= 0.3 is 0 Å². The Labute approximate surface area is 93.2 Å². The van der Waals surface area contributed by atoms with Gasteiger partial charge in [0.1, 0.15) is 0 Å². The van der Waals surface area contributed by atoms with Crippen LogP contribution in [0.5, 0.6) is 0 Å². The van der Waals surface area contributed by atoms with Gasteiger partial charge in [-0.15, -0.1) is 0 Å². The fourth-order valence-corrected chi connectivity index (χ4v) is 2.51. The first-order chi connectivity index (χ1) is 7.42. The molecule has 0 radical (unpaired) electrons. The molecule has 2 fully saturated rings. The number of piperazine rings is 1. The second-order valence-electron chi connectivity index (χ2n) is 4.70. The van der Waals surface area contributed by atoms with Crippen molar-refractivity contribution in [2.24, 2.45) is 5.92 Å². The highest BCUT2D eigenvalue weighted by Gasteiger charge is 2.35. The average Bonchev–Trinajstić information content (AvgIpc) is 3.09. The van der Waals surface area contributed by atoms with Gasteiger partial charge in [-0.2, -0.15) is 0 Å². The van der Waals surface area contributed by atoms with Crippen molar-refractivity contribution in [3.8, 4) is 0 Å². The van der Waals surface area contributed by atoms with Gasteiger partial charge in [-0.25, -0.2) is 0 Å². The van der Waals surface area contributed by atoms with E-state index >= 15 is 0 Å². The third-order valence-electron chi connectivity index (χ3n) is 3.50. The molecule has 1 aliphatic carbocycles. The maximum absolute atomic E-state index is 5.39. The summed E-state index contributed by atoms with van der Waals surface area (Å²) >= 11 is 0. The van der Waals surface area contributed by atoms with Crippen LogP contribution in [0.2, 0.25) is 0 Å². The van der Waals surface area contributed by atoms with Crippen molar-refractivity contribution >= 4 is 0 Å². The summed E-state index contributed by atoms with van der Waals surface area (Å²) in [6.07, 6.45) is 4.10. The van der Waals surface area contributed by atoms with E-state index in [1.165, 1.54) is 38.9 Å². The minimum absolute atomic E-state index is 0.820. The highest BCUT2D eigenvalue weighted by Crippen LogP contribution is 2.35. The van der Waals surface area contributed by atoms with Crippen LogP contribution in [-0.4, -0.2) is 50.3 Å². The standard InChI is InChI=1S/C12H24N2O/c1-2-15-9-3-7-14-8-6-13-10-12(14)11-4-5-11/h11-13H,2-10H2,1H3. The van der Waals surface area contributed by atoms with E-state index in [2.05, 4.69) is 17.1 Å². The first kappa shape index (κ1) is 11.4. The topological polar surface area (TPSA) is 24.5 Å². The van der Waals surface area contributed by atoms with E-state index in [9.17, 15) is 0 Å². The van der Waals surface area contributed by atoms with Crippen molar-refractivity contribution in [1.29, 1.82) is 0 Å². The predicted octanol–water partition coefficient (Wildman–Crippen LogP) is 1.10. The summed E-state index contributed by atoms with van der Waals surface area (Å²) in [7, 11) is 0. The molecule has 2 aliphatic rings. The number of rotatable bonds is 6. The molecule has 1 unspecified atom stereocenters. The lowest BCUT2D eigenvalue weighted by atomic mass is 10.1. The van der Waals surface area contributed by atoms with Crippen molar-refractivity contribution in [1.82, 2.24) is 10.2 Å². The Hall–Kier alpha value is -0.120. The second-order valence-corrected chi connectivity index (χ2v) is 4.70. The second kappa shape index (κ2) is 5.83. The molecular weight excluding hydrogens is 188 g/mol. The van der Waals surface area contributed by atoms with Crippen LogP contribution in [-0.2, 0) is 4.74 Å². The third-order valence-corrected chi connectivity index (χ3v) is 3.50. The van der Waals surface area contributed by atoms with E-state index < -0.39 is 0 Å². The molecular formula is C12H24N2O. The summed E-state index contributed by atoms with van der Waals surface area (Å²) in [5.74, 6) is 0.991. The van der Waals surface area contributed by atoms with Crippen molar-refractivity contribution in [3.63, 3.8) is 0 Å². The summed E-state index contributed by atoms with van der Waals surface area (Å²) < 4.78 is 5.39. The Morgan fingerprint density at radius 2 is 2.27 bits per heavy atom. The number of nitrogens with zero attached hydrogens (tertiary/aromatic N) is 1. The fraction of sp³-hybridized carbons (Fsp3) is 1.00. The summed E-state index contributed by atoms with van der Waals surface area (Å²) in [4.78, 5) is 2.67. The molecule has 15 heavy (non-hydrogen) atoms. The predicted molar refractivity (Wildman–Crippen MR) is 62.1 cm³/mol. The van der Waals surface area contributed by atoms with Crippen LogP contribution in [0.3, 0.4) is 0 Å². The van der Waals surface area contributed by atoms with E-state index in [1.807, 2.05) is 0 Å². The van der Waals surface area contributed by atoms with Crippen LogP contribution >= 0.6 is 0 Å². The molecule has 0 aromatic heterocycles. The zero-order valence-electron chi connectivity index (χ0n) is 9.87. The van der Waals surface area contributed by atoms with Crippen molar-refractivity contribution in [2.75, 3.05) is 39.4 Å². The summed E-state index contributed by atoms with van der Waals surface area (Å²) in [5, 5.41) is 3.51. The largest absolute Gasteiger partial charge is 0.382 e. The SMILES string of the molecule is CCOCCCN1CCNCC1C1CC1. The smallest absolute Gasteiger partial charge is 0.0478 e. The molecule has 1 aliphatic heterocycles. The van der Waals surface area contributed by atoms with Gasteiger partial charge in [0.2, 0.25) is 0 Å². The van der Waals surface area contributed by atoms with Gasteiger partial charge in [0, 0.05) is 45.4 Å². The Morgan fingerprint density at radius 3 is 3.00 bits per heavy atom. The zero-order chi connectivity index (χ0) is 10.5. The van der Waals surface area contributed by atoms with E-state index in [1.54, 1.807) is 0 Å². The lowest BCUT2D eigenvalue weighted by Gasteiger charge is -2.36. The van der Waals surface area contributed by atoms with E-state index in [4.69, 9.17) is 4.74 Å². The number of hydrogen-bond donors (Lipinski definition) is 1. The molecule has 3 heteroatoms. The number of nitrogens with one attached hydrogen (secondary N) is 1. The first-order valence-electron chi connectivity index (χ1n) is 6.44. The van der Waals surface area contributed by atoms with Crippen molar-refractivity contribution in [3.05, 3.63) is 0 Å². The van der Waals surface area contributed by atoms with Crippen molar-refractivity contribution < 1.29 is 4.74 Å². The van der Waals surface area contributed by atoms with Gasteiger partial charge < -0.3 is 10.1 Å². The Bertz CT molecular complexity index is 182. The molecule has 0 aromatic rings. The molecule has 1 saturated heterocycles. The molecule has 1 saturated carbocycles. The highest BCUT2D eigenvalue weighted by molar-refractivity contribution is 4.92. The molecule has 0 aromatic carbocycles. The summed E-state index contributed by atoms with van der Waals surface area (Å²) in [6, 6.07) is 0.820. The van der Waals surface area contributed by atoms with Gasteiger partial charge in [0.15, 0.2) is 0 Å². The lowest BCUT2D eigenvalue weighted by Crippen LogP contribution is -2.52. The molecule has 1 atom stereocenters. The Kier molecular flexibility index (Phi) is 4.42. The molecule has 1 heterocycles. The van der Waals surface area contributed by atoms with Crippen LogP contribution in [0.25, 0.3) is 0 Å². The van der Waals surface area contributed by atoms with Crippen LogP contribution in [0, 0.1) is 5.92 Å². The average molecular weight is 212 g/mol. The minimum Gasteiger partial charge on any atom is -0.382 e. The van der Waals surface area contributed by atoms with Gasteiger partial charge in [-0.05, 0) is 32.1 Å². The van der Waals surface area contributed by atoms with E-state index in [0.717, 1.165) is 31.7 Å². The maximum Gasteiger partial charge on any atom is 0.0478 e. The van der Waals surface area contributed by atoms with Crippen LogP contribution in [0.15, 0.2) is 0 Å². The molecule has 0 amide bonds. The van der Waals surface area contributed by atoms with Crippen LogP contribution in [0.1, 0.15) is 26.2 Å². The van der Waals surface area contributed by atoms with Crippen molar-refractivity contribution in [2.45, 2.75) is 32.2 Å². The van der Waals surface area contributed by atoms with Gasteiger partial charge in [-0.1, -0.05) is 0 Å². The van der Waals surface area contributed by atoms with Gasteiger partial charge in [0.05, 0.1) is 0 Å². The molecule has 2 rings (SSSR count). The van der Waals surface area contributed by atoms with Gasteiger partial charge in [0.25, 0.3) is 0 Å². The van der Waals surface area contributed by atoms with Crippen LogP contribution < -0.4 is 5.32 Å².